The zero-order chi connectivity index (χ0) is 15.9. The van der Waals surface area contributed by atoms with Crippen LogP contribution >= 0.6 is 0 Å². The molecule has 0 spiro atoms. The number of hydrogen-bond donors (Lipinski definition) is 1. The van der Waals surface area contributed by atoms with Crippen LogP contribution in [0.1, 0.15) is 39.5 Å². The van der Waals surface area contributed by atoms with Crippen molar-refractivity contribution in [3.63, 3.8) is 0 Å². The van der Waals surface area contributed by atoms with Crippen LogP contribution in [0.25, 0.3) is 0 Å². The number of nitrogens with one attached hydrogen (secondary N) is 1. The fourth-order valence-corrected chi connectivity index (χ4v) is 4.04. The summed E-state index contributed by atoms with van der Waals surface area (Å²) in [6.07, 6.45) is 5.62. The zero-order valence-corrected chi connectivity index (χ0v) is 14.8. The summed E-state index contributed by atoms with van der Waals surface area (Å²) in [6.45, 7) is 8.44. The van der Waals surface area contributed by atoms with Crippen LogP contribution < -0.4 is 5.32 Å². The normalized spacial score (nSPS) is 23.9. The van der Waals surface area contributed by atoms with Gasteiger partial charge in [0.25, 0.3) is 0 Å². The lowest BCUT2D eigenvalue weighted by Gasteiger charge is -2.37. The molecule has 0 amide bonds. The molecule has 1 heterocycles. The van der Waals surface area contributed by atoms with Crippen LogP contribution in [0, 0.1) is 11.3 Å². The topological polar surface area (TPSA) is 58.6 Å². The van der Waals surface area contributed by atoms with Crippen molar-refractivity contribution in [2.45, 2.75) is 39.5 Å². The van der Waals surface area contributed by atoms with Crippen molar-refractivity contribution in [2.75, 3.05) is 46.2 Å². The minimum atomic E-state index is -3.04. The lowest BCUT2D eigenvalue weighted by atomic mass is 9.76. The van der Waals surface area contributed by atoms with Gasteiger partial charge < -0.3 is 10.1 Å². The molecule has 0 saturated carbocycles. The Hall–Kier alpha value is -0.170. The summed E-state index contributed by atoms with van der Waals surface area (Å²) in [5, 5.41) is 3.45. The lowest BCUT2D eigenvalue weighted by Crippen LogP contribution is -2.42. The third-order valence-corrected chi connectivity index (χ3v) is 5.89. The number of sulfonamides is 1. The molecule has 1 rings (SSSR count). The first-order valence-corrected chi connectivity index (χ1v) is 9.80. The van der Waals surface area contributed by atoms with E-state index >= 15 is 0 Å². The van der Waals surface area contributed by atoms with Gasteiger partial charge in [-0.2, -0.15) is 0 Å². The predicted octanol–water partition coefficient (Wildman–Crippen LogP) is 1.70. The maximum atomic E-state index is 11.7. The summed E-state index contributed by atoms with van der Waals surface area (Å²) in [6, 6.07) is 0. The van der Waals surface area contributed by atoms with E-state index in [1.807, 2.05) is 0 Å². The largest absolute Gasteiger partial charge is 0.383 e. The van der Waals surface area contributed by atoms with E-state index in [4.69, 9.17) is 4.74 Å². The van der Waals surface area contributed by atoms with Gasteiger partial charge in [0.1, 0.15) is 0 Å². The van der Waals surface area contributed by atoms with E-state index in [9.17, 15) is 8.42 Å². The monoisotopic (exact) mass is 320 g/mol. The van der Waals surface area contributed by atoms with Crippen molar-refractivity contribution in [2.24, 2.45) is 11.3 Å². The molecule has 1 aliphatic heterocycles. The molecular weight excluding hydrogens is 288 g/mol. The molecule has 2 unspecified atom stereocenters. The second-order valence-electron chi connectivity index (χ2n) is 6.67. The van der Waals surface area contributed by atoms with E-state index in [0.717, 1.165) is 45.4 Å². The van der Waals surface area contributed by atoms with Gasteiger partial charge in [0.15, 0.2) is 0 Å². The number of ether oxygens (including phenoxy) is 1. The Bertz CT molecular complexity index is 400. The van der Waals surface area contributed by atoms with Crippen molar-refractivity contribution in [1.29, 1.82) is 0 Å². The summed E-state index contributed by atoms with van der Waals surface area (Å²) in [7, 11) is -1.33. The summed E-state index contributed by atoms with van der Waals surface area (Å²) >= 11 is 0. The van der Waals surface area contributed by atoms with Gasteiger partial charge in [-0.05, 0) is 37.0 Å². The van der Waals surface area contributed by atoms with Crippen LogP contribution in [-0.2, 0) is 14.8 Å². The molecule has 0 aromatic heterocycles. The summed E-state index contributed by atoms with van der Waals surface area (Å²) in [4.78, 5) is 0. The van der Waals surface area contributed by atoms with Crippen LogP contribution in [0.3, 0.4) is 0 Å². The number of nitrogens with zero attached hydrogens (tertiary/aromatic N) is 1. The second kappa shape index (κ2) is 8.46. The van der Waals surface area contributed by atoms with Gasteiger partial charge in [-0.1, -0.05) is 13.8 Å². The van der Waals surface area contributed by atoms with Crippen molar-refractivity contribution in [3.05, 3.63) is 0 Å². The van der Waals surface area contributed by atoms with Crippen LogP contribution in [-0.4, -0.2) is 58.9 Å². The Kier molecular flexibility index (Phi) is 7.60. The molecular formula is C15H32N2O3S. The average Bonchev–Trinajstić information content (AvgIpc) is 2.43. The Morgan fingerprint density at radius 3 is 2.71 bits per heavy atom. The number of methoxy groups -OCH3 is 1. The molecule has 0 aromatic rings. The molecule has 0 aromatic carbocycles. The van der Waals surface area contributed by atoms with E-state index < -0.39 is 10.0 Å². The minimum absolute atomic E-state index is 0.221. The average molecular weight is 320 g/mol. The van der Waals surface area contributed by atoms with Crippen LogP contribution in [0.15, 0.2) is 0 Å². The molecule has 2 atom stereocenters. The van der Waals surface area contributed by atoms with E-state index in [2.05, 4.69) is 19.2 Å². The van der Waals surface area contributed by atoms with Gasteiger partial charge in [-0.15, -0.1) is 0 Å². The van der Waals surface area contributed by atoms with Crippen LogP contribution in [0.4, 0.5) is 0 Å². The highest BCUT2D eigenvalue weighted by Crippen LogP contribution is 2.33. The van der Waals surface area contributed by atoms with Crippen molar-refractivity contribution in [3.8, 4) is 0 Å². The molecule has 1 N–H and O–H groups in total. The summed E-state index contributed by atoms with van der Waals surface area (Å²) < 4.78 is 30.1. The van der Waals surface area contributed by atoms with Gasteiger partial charge in [-0.25, -0.2) is 12.7 Å². The van der Waals surface area contributed by atoms with E-state index in [1.54, 1.807) is 11.4 Å². The number of piperidine rings is 1. The molecule has 126 valence electrons. The molecule has 0 bridgehead atoms. The summed E-state index contributed by atoms with van der Waals surface area (Å²) in [5.74, 6) is 0.475. The smallest absolute Gasteiger partial charge is 0.211 e. The Morgan fingerprint density at radius 1 is 1.43 bits per heavy atom. The van der Waals surface area contributed by atoms with Gasteiger partial charge in [0, 0.05) is 33.3 Å². The first kappa shape index (κ1) is 18.9. The lowest BCUT2D eigenvalue weighted by molar-refractivity contribution is 0.158. The quantitative estimate of drug-likeness (QED) is 0.657. The van der Waals surface area contributed by atoms with E-state index in [1.165, 1.54) is 6.26 Å². The van der Waals surface area contributed by atoms with Crippen molar-refractivity contribution >= 4 is 10.0 Å². The summed E-state index contributed by atoms with van der Waals surface area (Å²) in [5.41, 5.74) is 0.221. The van der Waals surface area contributed by atoms with E-state index in [-0.39, 0.29) is 5.41 Å². The molecule has 1 saturated heterocycles. The van der Waals surface area contributed by atoms with Gasteiger partial charge >= 0.3 is 0 Å². The SMILES string of the molecule is CCC(C)(CNCCOC)CC1CCCN(S(C)(=O)=O)C1. The Labute approximate surface area is 130 Å². The van der Waals surface area contributed by atoms with Crippen LogP contribution in [0.5, 0.6) is 0 Å². The molecule has 0 aliphatic carbocycles. The molecule has 1 aliphatic rings. The highest BCUT2D eigenvalue weighted by atomic mass is 32.2. The molecule has 1 fully saturated rings. The first-order chi connectivity index (χ1) is 9.80. The first-order valence-electron chi connectivity index (χ1n) is 7.95. The third-order valence-electron chi connectivity index (χ3n) is 4.62. The predicted molar refractivity (Wildman–Crippen MR) is 86.9 cm³/mol. The fourth-order valence-electron chi connectivity index (χ4n) is 3.10. The van der Waals surface area contributed by atoms with E-state index in [0.29, 0.717) is 19.0 Å². The van der Waals surface area contributed by atoms with Gasteiger partial charge in [0.05, 0.1) is 12.9 Å². The van der Waals surface area contributed by atoms with Crippen molar-refractivity contribution < 1.29 is 13.2 Å². The molecule has 6 heteroatoms. The Balaban J connectivity index is 2.51. The third kappa shape index (κ3) is 6.63. The minimum Gasteiger partial charge on any atom is -0.383 e. The number of hydrogen-bond acceptors (Lipinski definition) is 4. The highest BCUT2D eigenvalue weighted by Gasteiger charge is 2.31. The molecule has 0 radical (unpaired) electrons. The van der Waals surface area contributed by atoms with Gasteiger partial charge in [0.2, 0.25) is 10.0 Å². The molecule has 5 nitrogen and oxygen atoms in total. The van der Waals surface area contributed by atoms with Crippen molar-refractivity contribution in [1.82, 2.24) is 9.62 Å². The Morgan fingerprint density at radius 2 is 2.14 bits per heavy atom. The standard InChI is InChI=1S/C15H32N2O3S/c1-5-15(2,13-16-8-10-20-3)11-14-7-6-9-17(12-14)21(4,18)19/h14,16H,5-13H2,1-4H3. The maximum absolute atomic E-state index is 11.7. The number of rotatable bonds is 9. The second-order valence-corrected chi connectivity index (χ2v) is 8.65. The maximum Gasteiger partial charge on any atom is 0.211 e. The van der Waals surface area contributed by atoms with Crippen LogP contribution in [0.2, 0.25) is 0 Å². The highest BCUT2D eigenvalue weighted by molar-refractivity contribution is 7.88. The van der Waals surface area contributed by atoms with Gasteiger partial charge in [-0.3, -0.25) is 0 Å². The fraction of sp³-hybridized carbons (Fsp3) is 1.00. The molecule has 21 heavy (non-hydrogen) atoms. The zero-order valence-electron chi connectivity index (χ0n) is 14.0.